The molecule has 2 heteroatoms. The second-order valence-electron chi connectivity index (χ2n) is 4.24. The minimum atomic E-state index is -0.107. The van der Waals surface area contributed by atoms with E-state index in [2.05, 4.69) is 25.1 Å². The largest absolute Gasteiger partial charge is 0.469 e. The summed E-state index contributed by atoms with van der Waals surface area (Å²) in [5.74, 6) is 0.809. The van der Waals surface area contributed by atoms with Crippen molar-refractivity contribution in [3.63, 3.8) is 0 Å². The molecule has 0 aliphatic heterocycles. The van der Waals surface area contributed by atoms with Crippen molar-refractivity contribution in [3.8, 4) is 0 Å². The van der Waals surface area contributed by atoms with E-state index in [4.69, 9.17) is 4.74 Å². The number of methoxy groups -OCH3 is 1. The fraction of sp³-hybridized carbons (Fsp3) is 0.462. The highest BCUT2D eigenvalue weighted by molar-refractivity contribution is 5.70. The van der Waals surface area contributed by atoms with Gasteiger partial charge in [-0.05, 0) is 29.4 Å². The summed E-state index contributed by atoms with van der Waals surface area (Å²) in [4.78, 5) is 11.3. The van der Waals surface area contributed by atoms with E-state index >= 15 is 0 Å². The number of fused-ring (bicyclic) bond motifs is 1. The molecule has 1 aromatic carbocycles. The van der Waals surface area contributed by atoms with Crippen LogP contribution in [0.1, 0.15) is 42.7 Å². The van der Waals surface area contributed by atoms with Gasteiger partial charge in [-0.15, -0.1) is 0 Å². The minimum Gasteiger partial charge on any atom is -0.469 e. The third kappa shape index (κ3) is 1.89. The van der Waals surface area contributed by atoms with Gasteiger partial charge in [0.2, 0.25) is 0 Å². The van der Waals surface area contributed by atoms with Crippen molar-refractivity contribution in [2.45, 2.75) is 31.6 Å². The van der Waals surface area contributed by atoms with Crippen LogP contribution in [0.2, 0.25) is 0 Å². The Kier molecular flexibility index (Phi) is 2.76. The number of benzene rings is 1. The molecular weight excluding hydrogens is 188 g/mol. The summed E-state index contributed by atoms with van der Waals surface area (Å²) in [6.45, 7) is 2.22. The van der Waals surface area contributed by atoms with Gasteiger partial charge in [0.05, 0.1) is 13.5 Å². The molecule has 1 aliphatic rings. The number of ether oxygens (including phenoxy) is 1. The van der Waals surface area contributed by atoms with Gasteiger partial charge in [-0.2, -0.15) is 0 Å². The van der Waals surface area contributed by atoms with Crippen LogP contribution in [0.3, 0.4) is 0 Å². The summed E-state index contributed by atoms with van der Waals surface area (Å²) in [6, 6.07) is 8.40. The number of hydrogen-bond acceptors (Lipinski definition) is 2. The molecule has 15 heavy (non-hydrogen) atoms. The summed E-state index contributed by atoms with van der Waals surface area (Å²) in [5.41, 5.74) is 2.72. The van der Waals surface area contributed by atoms with Gasteiger partial charge in [0, 0.05) is 0 Å². The van der Waals surface area contributed by atoms with E-state index in [1.165, 1.54) is 18.2 Å². The normalized spacial score (nSPS) is 23.6. The lowest BCUT2D eigenvalue weighted by molar-refractivity contribution is -0.141. The van der Waals surface area contributed by atoms with Crippen LogP contribution in [-0.4, -0.2) is 13.1 Å². The summed E-state index contributed by atoms with van der Waals surface area (Å²) in [5, 5.41) is 0. The molecule has 0 saturated carbocycles. The predicted octanol–water partition coefficient (Wildman–Crippen LogP) is 2.84. The zero-order chi connectivity index (χ0) is 10.8. The van der Waals surface area contributed by atoms with Gasteiger partial charge in [0.25, 0.3) is 0 Å². The van der Waals surface area contributed by atoms with Crippen LogP contribution >= 0.6 is 0 Å². The lowest BCUT2D eigenvalue weighted by atomic mass is 9.98. The first-order valence-corrected chi connectivity index (χ1v) is 5.38. The monoisotopic (exact) mass is 204 g/mol. The Balaban J connectivity index is 2.21. The summed E-state index contributed by atoms with van der Waals surface area (Å²) in [7, 11) is 1.45. The molecule has 0 radical (unpaired) electrons. The molecule has 2 rings (SSSR count). The van der Waals surface area contributed by atoms with Crippen molar-refractivity contribution in [1.82, 2.24) is 0 Å². The number of hydrogen-bond donors (Lipinski definition) is 0. The molecule has 0 unspecified atom stereocenters. The minimum absolute atomic E-state index is 0.107. The van der Waals surface area contributed by atoms with Crippen molar-refractivity contribution < 1.29 is 9.53 Å². The van der Waals surface area contributed by atoms with Crippen LogP contribution in [-0.2, 0) is 9.53 Å². The maximum Gasteiger partial charge on any atom is 0.306 e. The number of carbonyl (C=O) groups is 1. The van der Waals surface area contributed by atoms with Gasteiger partial charge in [0.1, 0.15) is 0 Å². The van der Waals surface area contributed by atoms with Gasteiger partial charge in [-0.1, -0.05) is 31.2 Å². The second-order valence-corrected chi connectivity index (χ2v) is 4.24. The number of rotatable bonds is 2. The predicted molar refractivity (Wildman–Crippen MR) is 58.8 cm³/mol. The zero-order valence-electron chi connectivity index (χ0n) is 9.19. The van der Waals surface area contributed by atoms with Gasteiger partial charge in [0.15, 0.2) is 0 Å². The van der Waals surface area contributed by atoms with Crippen LogP contribution in [0.4, 0.5) is 0 Å². The highest BCUT2D eigenvalue weighted by Crippen LogP contribution is 2.42. The van der Waals surface area contributed by atoms with Crippen molar-refractivity contribution in [1.29, 1.82) is 0 Å². The number of esters is 1. The van der Waals surface area contributed by atoms with Crippen LogP contribution in [0.25, 0.3) is 0 Å². The first-order valence-electron chi connectivity index (χ1n) is 5.38. The molecule has 2 nitrogen and oxygen atoms in total. The molecule has 0 heterocycles. The Labute approximate surface area is 90.3 Å². The highest BCUT2D eigenvalue weighted by Gasteiger charge is 2.29. The summed E-state index contributed by atoms with van der Waals surface area (Å²) in [6.07, 6.45) is 1.58. The smallest absolute Gasteiger partial charge is 0.306 e. The Bertz CT molecular complexity index is 371. The molecule has 1 aromatic rings. The summed E-state index contributed by atoms with van der Waals surface area (Å²) < 4.78 is 4.72. The molecule has 0 spiro atoms. The molecule has 80 valence electrons. The lowest BCUT2D eigenvalue weighted by Crippen LogP contribution is -2.06. The van der Waals surface area contributed by atoms with Gasteiger partial charge < -0.3 is 4.74 Å². The SMILES string of the molecule is COC(=O)C[C@@H]1C[C@H](C)c2ccccc21. The molecule has 2 atom stereocenters. The molecule has 0 saturated heterocycles. The van der Waals surface area contributed by atoms with E-state index in [0.29, 0.717) is 18.3 Å². The first-order chi connectivity index (χ1) is 7.22. The second kappa shape index (κ2) is 4.05. The van der Waals surface area contributed by atoms with E-state index in [9.17, 15) is 4.79 Å². The Morgan fingerprint density at radius 3 is 2.73 bits per heavy atom. The molecule has 0 amide bonds. The lowest BCUT2D eigenvalue weighted by Gasteiger charge is -2.09. The van der Waals surface area contributed by atoms with Gasteiger partial charge in [-0.3, -0.25) is 4.79 Å². The fourth-order valence-electron chi connectivity index (χ4n) is 2.49. The van der Waals surface area contributed by atoms with Crippen molar-refractivity contribution >= 4 is 5.97 Å². The van der Waals surface area contributed by atoms with E-state index in [0.717, 1.165) is 6.42 Å². The van der Waals surface area contributed by atoms with Crippen LogP contribution in [0.15, 0.2) is 24.3 Å². The standard InChI is InChI=1S/C13H16O2/c1-9-7-10(8-13(14)15-2)12-6-4-3-5-11(9)12/h3-6,9-10H,7-8H2,1-2H3/t9-,10-/m0/s1. The molecule has 0 N–H and O–H groups in total. The third-order valence-electron chi connectivity index (χ3n) is 3.25. The maximum absolute atomic E-state index is 11.3. The van der Waals surface area contributed by atoms with Gasteiger partial charge >= 0.3 is 5.97 Å². The Morgan fingerprint density at radius 2 is 2.07 bits per heavy atom. The van der Waals surface area contributed by atoms with Crippen molar-refractivity contribution in [2.24, 2.45) is 0 Å². The zero-order valence-corrected chi connectivity index (χ0v) is 9.19. The number of carbonyl (C=O) groups excluding carboxylic acids is 1. The van der Waals surface area contributed by atoms with Gasteiger partial charge in [-0.25, -0.2) is 0 Å². The van der Waals surface area contributed by atoms with Crippen molar-refractivity contribution in [3.05, 3.63) is 35.4 Å². The quantitative estimate of drug-likeness (QED) is 0.692. The molecule has 1 aliphatic carbocycles. The van der Waals surface area contributed by atoms with E-state index in [1.807, 2.05) is 6.07 Å². The maximum atomic E-state index is 11.3. The Morgan fingerprint density at radius 1 is 1.40 bits per heavy atom. The van der Waals surface area contributed by atoms with Crippen LogP contribution in [0.5, 0.6) is 0 Å². The van der Waals surface area contributed by atoms with E-state index in [-0.39, 0.29) is 5.97 Å². The third-order valence-corrected chi connectivity index (χ3v) is 3.25. The van der Waals surface area contributed by atoms with Crippen molar-refractivity contribution in [2.75, 3.05) is 7.11 Å². The molecule has 0 fully saturated rings. The Hall–Kier alpha value is -1.31. The van der Waals surface area contributed by atoms with Crippen LogP contribution in [0, 0.1) is 0 Å². The fourth-order valence-corrected chi connectivity index (χ4v) is 2.49. The van der Waals surface area contributed by atoms with E-state index < -0.39 is 0 Å². The molecular formula is C13H16O2. The average Bonchev–Trinajstić information content (AvgIpc) is 2.57. The summed E-state index contributed by atoms with van der Waals surface area (Å²) >= 11 is 0. The molecule has 0 bridgehead atoms. The molecule has 0 aromatic heterocycles. The van der Waals surface area contributed by atoms with E-state index in [1.54, 1.807) is 0 Å². The average molecular weight is 204 g/mol. The first kappa shape index (κ1) is 10.2. The van der Waals surface area contributed by atoms with Crippen LogP contribution < -0.4 is 0 Å². The topological polar surface area (TPSA) is 26.3 Å². The highest BCUT2D eigenvalue weighted by atomic mass is 16.5.